The zero-order valence-electron chi connectivity index (χ0n) is 11.5. The SMILES string of the molecule is CCCc1nc(Br)cc(-n2nc(CC)nc2CC)n1. The van der Waals surface area contributed by atoms with E-state index in [1.165, 1.54) is 0 Å². The summed E-state index contributed by atoms with van der Waals surface area (Å²) in [5.41, 5.74) is 0. The first kappa shape index (κ1) is 14.1. The molecule has 0 saturated heterocycles. The fourth-order valence-corrected chi connectivity index (χ4v) is 2.26. The van der Waals surface area contributed by atoms with Crippen LogP contribution < -0.4 is 0 Å². The van der Waals surface area contributed by atoms with Gasteiger partial charge in [-0.3, -0.25) is 0 Å². The second-order valence-electron chi connectivity index (χ2n) is 4.28. The Morgan fingerprint density at radius 1 is 1.05 bits per heavy atom. The molecule has 0 atom stereocenters. The maximum Gasteiger partial charge on any atom is 0.160 e. The van der Waals surface area contributed by atoms with Gasteiger partial charge in [0.2, 0.25) is 0 Å². The van der Waals surface area contributed by atoms with Crippen LogP contribution in [0.4, 0.5) is 0 Å². The van der Waals surface area contributed by atoms with Crippen LogP contribution in [0.5, 0.6) is 0 Å². The van der Waals surface area contributed by atoms with E-state index in [2.05, 4.69) is 56.8 Å². The van der Waals surface area contributed by atoms with E-state index in [4.69, 9.17) is 0 Å². The summed E-state index contributed by atoms with van der Waals surface area (Å²) in [5, 5.41) is 4.51. The molecule has 0 bridgehead atoms. The molecule has 2 aromatic rings. The van der Waals surface area contributed by atoms with Gasteiger partial charge in [-0.1, -0.05) is 20.8 Å². The number of rotatable bonds is 5. The molecule has 102 valence electrons. The second kappa shape index (κ2) is 6.23. The molecule has 0 fully saturated rings. The van der Waals surface area contributed by atoms with Gasteiger partial charge in [0.25, 0.3) is 0 Å². The fraction of sp³-hybridized carbons (Fsp3) is 0.538. The van der Waals surface area contributed by atoms with Crippen molar-refractivity contribution in [2.75, 3.05) is 0 Å². The largest absolute Gasteiger partial charge is 0.226 e. The molecule has 2 aromatic heterocycles. The number of aromatic nitrogens is 5. The van der Waals surface area contributed by atoms with E-state index in [0.717, 1.165) is 53.6 Å². The predicted octanol–water partition coefficient (Wildman–Crippen LogP) is 2.90. The summed E-state index contributed by atoms with van der Waals surface area (Å²) < 4.78 is 2.61. The van der Waals surface area contributed by atoms with E-state index in [1.807, 2.05) is 10.7 Å². The van der Waals surface area contributed by atoms with Gasteiger partial charge in [0.05, 0.1) is 0 Å². The lowest BCUT2D eigenvalue weighted by Gasteiger charge is -2.06. The van der Waals surface area contributed by atoms with Crippen LogP contribution in [0.2, 0.25) is 0 Å². The number of hydrogen-bond acceptors (Lipinski definition) is 4. The van der Waals surface area contributed by atoms with Crippen molar-refractivity contribution in [1.29, 1.82) is 0 Å². The first-order chi connectivity index (χ1) is 9.17. The quantitative estimate of drug-likeness (QED) is 0.794. The molecule has 0 radical (unpaired) electrons. The average Bonchev–Trinajstić information content (AvgIpc) is 2.81. The molecule has 6 heteroatoms. The number of hydrogen-bond donors (Lipinski definition) is 0. The van der Waals surface area contributed by atoms with Crippen molar-refractivity contribution >= 4 is 15.9 Å². The minimum Gasteiger partial charge on any atom is -0.226 e. The van der Waals surface area contributed by atoms with Crippen LogP contribution in [-0.2, 0) is 19.3 Å². The van der Waals surface area contributed by atoms with Crippen molar-refractivity contribution < 1.29 is 0 Å². The van der Waals surface area contributed by atoms with Gasteiger partial charge in [0.15, 0.2) is 11.6 Å². The highest BCUT2D eigenvalue weighted by atomic mass is 79.9. The van der Waals surface area contributed by atoms with Gasteiger partial charge in [-0.15, -0.1) is 5.10 Å². The van der Waals surface area contributed by atoms with Crippen LogP contribution in [0.15, 0.2) is 10.7 Å². The van der Waals surface area contributed by atoms with Crippen molar-refractivity contribution in [2.45, 2.75) is 46.5 Å². The van der Waals surface area contributed by atoms with E-state index >= 15 is 0 Å². The van der Waals surface area contributed by atoms with Crippen LogP contribution in [0.25, 0.3) is 5.82 Å². The molecular weight excluding hydrogens is 306 g/mol. The summed E-state index contributed by atoms with van der Waals surface area (Å²) in [4.78, 5) is 13.4. The first-order valence-corrected chi connectivity index (χ1v) is 7.45. The molecular formula is C13H18BrN5. The van der Waals surface area contributed by atoms with Crippen LogP contribution in [0.1, 0.15) is 44.7 Å². The van der Waals surface area contributed by atoms with Crippen LogP contribution >= 0.6 is 15.9 Å². The molecule has 0 amide bonds. The highest BCUT2D eigenvalue weighted by Crippen LogP contribution is 2.15. The Hall–Kier alpha value is -1.30. The van der Waals surface area contributed by atoms with Crippen LogP contribution in [0, 0.1) is 0 Å². The van der Waals surface area contributed by atoms with Crippen molar-refractivity contribution in [3.05, 3.63) is 28.1 Å². The molecule has 0 saturated carbocycles. The summed E-state index contributed by atoms with van der Waals surface area (Å²) >= 11 is 3.44. The Morgan fingerprint density at radius 3 is 2.47 bits per heavy atom. The van der Waals surface area contributed by atoms with Crippen LogP contribution in [0.3, 0.4) is 0 Å². The van der Waals surface area contributed by atoms with Gasteiger partial charge >= 0.3 is 0 Å². The van der Waals surface area contributed by atoms with Crippen molar-refractivity contribution in [3.8, 4) is 5.82 Å². The molecule has 0 spiro atoms. The molecule has 0 aliphatic carbocycles. The minimum atomic E-state index is 0.786. The Morgan fingerprint density at radius 2 is 1.84 bits per heavy atom. The number of nitrogens with zero attached hydrogens (tertiary/aromatic N) is 5. The van der Waals surface area contributed by atoms with Gasteiger partial charge in [-0.2, -0.15) is 4.68 Å². The predicted molar refractivity (Wildman–Crippen MR) is 77.4 cm³/mol. The van der Waals surface area contributed by atoms with Crippen LogP contribution in [-0.4, -0.2) is 24.7 Å². The van der Waals surface area contributed by atoms with E-state index in [0.29, 0.717) is 0 Å². The molecule has 5 nitrogen and oxygen atoms in total. The number of aryl methyl sites for hydroxylation is 3. The Labute approximate surface area is 121 Å². The monoisotopic (exact) mass is 323 g/mol. The van der Waals surface area contributed by atoms with E-state index in [-0.39, 0.29) is 0 Å². The van der Waals surface area contributed by atoms with Gasteiger partial charge in [0, 0.05) is 25.3 Å². The Bertz CT molecular complexity index is 564. The summed E-state index contributed by atoms with van der Waals surface area (Å²) in [7, 11) is 0. The maximum atomic E-state index is 4.57. The zero-order chi connectivity index (χ0) is 13.8. The fourth-order valence-electron chi connectivity index (χ4n) is 1.85. The van der Waals surface area contributed by atoms with Crippen molar-refractivity contribution in [3.63, 3.8) is 0 Å². The zero-order valence-corrected chi connectivity index (χ0v) is 13.1. The second-order valence-corrected chi connectivity index (χ2v) is 5.09. The third kappa shape index (κ3) is 3.18. The smallest absolute Gasteiger partial charge is 0.160 e. The van der Waals surface area contributed by atoms with E-state index in [9.17, 15) is 0 Å². The summed E-state index contributed by atoms with van der Waals surface area (Å²) in [5.74, 6) is 3.41. The molecule has 0 aromatic carbocycles. The maximum absolute atomic E-state index is 4.57. The molecule has 0 unspecified atom stereocenters. The Balaban J connectivity index is 2.48. The van der Waals surface area contributed by atoms with Gasteiger partial charge < -0.3 is 0 Å². The highest BCUT2D eigenvalue weighted by Gasteiger charge is 2.12. The number of halogens is 1. The molecule has 2 heterocycles. The van der Waals surface area contributed by atoms with Gasteiger partial charge in [-0.05, 0) is 22.4 Å². The van der Waals surface area contributed by atoms with Crippen molar-refractivity contribution in [1.82, 2.24) is 24.7 Å². The van der Waals surface area contributed by atoms with E-state index < -0.39 is 0 Å². The summed E-state index contributed by atoms with van der Waals surface area (Å²) in [6.45, 7) is 6.24. The third-order valence-corrected chi connectivity index (χ3v) is 3.18. The van der Waals surface area contributed by atoms with E-state index in [1.54, 1.807) is 0 Å². The summed E-state index contributed by atoms with van der Waals surface area (Å²) in [6, 6.07) is 1.88. The standard InChI is InChI=1S/C13H18BrN5/c1-4-7-11-15-9(14)8-13(17-11)19-12(6-3)16-10(5-2)18-19/h8H,4-7H2,1-3H3. The average molecular weight is 324 g/mol. The molecule has 19 heavy (non-hydrogen) atoms. The van der Waals surface area contributed by atoms with Gasteiger partial charge in [-0.25, -0.2) is 15.0 Å². The highest BCUT2D eigenvalue weighted by molar-refractivity contribution is 9.10. The topological polar surface area (TPSA) is 56.5 Å². The summed E-state index contributed by atoms with van der Waals surface area (Å²) in [6.07, 6.45) is 3.54. The van der Waals surface area contributed by atoms with Crippen molar-refractivity contribution in [2.24, 2.45) is 0 Å². The third-order valence-electron chi connectivity index (χ3n) is 2.77. The first-order valence-electron chi connectivity index (χ1n) is 6.66. The molecule has 2 rings (SSSR count). The molecule has 0 N–H and O–H groups in total. The lowest BCUT2D eigenvalue weighted by molar-refractivity contribution is 0.740. The molecule has 0 aliphatic heterocycles. The lowest BCUT2D eigenvalue weighted by atomic mass is 10.3. The normalized spacial score (nSPS) is 10.9. The Kier molecular flexibility index (Phi) is 4.63. The lowest BCUT2D eigenvalue weighted by Crippen LogP contribution is -2.08. The van der Waals surface area contributed by atoms with Gasteiger partial charge in [0.1, 0.15) is 16.3 Å². The minimum absolute atomic E-state index is 0.786. The molecule has 0 aliphatic rings.